The smallest absolute Gasteiger partial charge is 0.319 e. The van der Waals surface area contributed by atoms with Gasteiger partial charge in [0.05, 0.1) is 6.61 Å². The number of hydrogen-bond acceptors (Lipinski definition) is 3. The molecule has 1 unspecified atom stereocenters. The Morgan fingerprint density at radius 2 is 2.00 bits per heavy atom. The maximum Gasteiger partial charge on any atom is 0.319 e. The fourth-order valence-electron chi connectivity index (χ4n) is 1.78. The normalized spacial score (nSPS) is 12.9. The standard InChI is InChI=1S/C14H17N3O3/c1-3-20-13(19)14(2,12(18)16-17-15)10-9-11-7-5-4-6-8-11/h4-8H,3,9-10H2,1-2H3. The van der Waals surface area contributed by atoms with Crippen LogP contribution in [0.25, 0.3) is 10.4 Å². The summed E-state index contributed by atoms with van der Waals surface area (Å²) < 4.78 is 4.92. The van der Waals surface area contributed by atoms with E-state index in [9.17, 15) is 9.59 Å². The molecule has 0 aliphatic rings. The van der Waals surface area contributed by atoms with E-state index in [2.05, 4.69) is 10.0 Å². The predicted octanol–water partition coefficient (Wildman–Crippen LogP) is 3.03. The van der Waals surface area contributed by atoms with E-state index in [1.165, 1.54) is 6.92 Å². The van der Waals surface area contributed by atoms with E-state index in [0.29, 0.717) is 6.42 Å². The maximum absolute atomic E-state index is 12.0. The highest BCUT2D eigenvalue weighted by molar-refractivity contribution is 6.02. The molecule has 0 bridgehead atoms. The highest BCUT2D eigenvalue weighted by Gasteiger charge is 2.41. The lowest BCUT2D eigenvalue weighted by Crippen LogP contribution is -2.37. The summed E-state index contributed by atoms with van der Waals surface area (Å²) in [7, 11) is 0. The van der Waals surface area contributed by atoms with Gasteiger partial charge in [-0.3, -0.25) is 9.59 Å². The third kappa shape index (κ3) is 3.83. The van der Waals surface area contributed by atoms with Gasteiger partial charge in [-0.15, -0.1) is 0 Å². The largest absolute Gasteiger partial charge is 0.465 e. The Hall–Kier alpha value is -2.33. The minimum atomic E-state index is -1.45. The van der Waals surface area contributed by atoms with Crippen LogP contribution >= 0.6 is 0 Å². The summed E-state index contributed by atoms with van der Waals surface area (Å²) in [6, 6.07) is 9.46. The van der Waals surface area contributed by atoms with Crippen LogP contribution in [-0.4, -0.2) is 18.5 Å². The highest BCUT2D eigenvalue weighted by Crippen LogP contribution is 2.27. The minimum Gasteiger partial charge on any atom is -0.465 e. The average molecular weight is 275 g/mol. The number of carbonyl (C=O) groups is 2. The van der Waals surface area contributed by atoms with E-state index >= 15 is 0 Å². The molecule has 1 aromatic rings. The second-order valence-electron chi connectivity index (χ2n) is 4.53. The fraction of sp³-hybridized carbons (Fsp3) is 0.429. The molecule has 0 fully saturated rings. The molecule has 1 rings (SSSR count). The molecule has 0 radical (unpaired) electrons. The van der Waals surface area contributed by atoms with Gasteiger partial charge in [-0.25, -0.2) is 0 Å². The van der Waals surface area contributed by atoms with Gasteiger partial charge >= 0.3 is 5.97 Å². The SMILES string of the molecule is CCOC(=O)C(C)(CCc1ccccc1)C(=O)N=[N+]=[N-]. The van der Waals surface area contributed by atoms with Crippen molar-refractivity contribution in [2.75, 3.05) is 6.61 Å². The van der Waals surface area contributed by atoms with Gasteiger partial charge in [-0.05, 0) is 42.9 Å². The number of carbonyl (C=O) groups excluding carboxylic acids is 2. The Bertz CT molecular complexity index is 524. The first kappa shape index (κ1) is 15.7. The maximum atomic E-state index is 12.0. The lowest BCUT2D eigenvalue weighted by Gasteiger charge is -2.23. The molecule has 1 amide bonds. The van der Waals surface area contributed by atoms with E-state index < -0.39 is 17.3 Å². The molecule has 6 nitrogen and oxygen atoms in total. The first-order valence-electron chi connectivity index (χ1n) is 6.35. The van der Waals surface area contributed by atoms with Crippen LogP contribution in [0.2, 0.25) is 0 Å². The van der Waals surface area contributed by atoms with Crippen molar-refractivity contribution in [1.29, 1.82) is 0 Å². The zero-order valence-electron chi connectivity index (χ0n) is 11.6. The summed E-state index contributed by atoms with van der Waals surface area (Å²) in [5.41, 5.74) is 7.93. The third-order valence-electron chi connectivity index (χ3n) is 3.09. The molecule has 1 aromatic carbocycles. The van der Waals surface area contributed by atoms with Crippen LogP contribution in [0.5, 0.6) is 0 Å². The van der Waals surface area contributed by atoms with Crippen molar-refractivity contribution in [1.82, 2.24) is 0 Å². The first-order chi connectivity index (χ1) is 9.54. The van der Waals surface area contributed by atoms with Gasteiger partial charge in [-0.2, -0.15) is 0 Å². The molecule has 6 heteroatoms. The summed E-state index contributed by atoms with van der Waals surface area (Å²) in [4.78, 5) is 26.3. The number of esters is 1. The van der Waals surface area contributed by atoms with E-state index in [-0.39, 0.29) is 13.0 Å². The van der Waals surface area contributed by atoms with Gasteiger partial charge in [0.15, 0.2) is 0 Å². The Balaban J connectivity index is 2.90. The van der Waals surface area contributed by atoms with Gasteiger partial charge in [0.2, 0.25) is 5.91 Å². The quantitative estimate of drug-likeness (QED) is 0.262. The molecule has 0 aliphatic carbocycles. The first-order valence-corrected chi connectivity index (χ1v) is 6.35. The number of hydrogen-bond donors (Lipinski definition) is 0. The van der Waals surface area contributed by atoms with Gasteiger partial charge in [0, 0.05) is 4.91 Å². The van der Waals surface area contributed by atoms with E-state index in [0.717, 1.165) is 5.56 Å². The number of amides is 1. The molecule has 0 N–H and O–H groups in total. The van der Waals surface area contributed by atoms with E-state index in [1.807, 2.05) is 30.3 Å². The number of benzene rings is 1. The van der Waals surface area contributed by atoms with Crippen LogP contribution in [0.3, 0.4) is 0 Å². The van der Waals surface area contributed by atoms with Crippen molar-refractivity contribution in [3.8, 4) is 0 Å². The van der Waals surface area contributed by atoms with Crippen LogP contribution in [0, 0.1) is 5.41 Å². The lowest BCUT2D eigenvalue weighted by atomic mass is 9.83. The molecular formula is C14H17N3O3. The second-order valence-corrected chi connectivity index (χ2v) is 4.53. The summed E-state index contributed by atoms with van der Waals surface area (Å²) >= 11 is 0. The zero-order chi connectivity index (χ0) is 15.0. The molecule has 0 saturated carbocycles. The number of rotatable bonds is 6. The lowest BCUT2D eigenvalue weighted by molar-refractivity contribution is -0.159. The van der Waals surface area contributed by atoms with E-state index in [4.69, 9.17) is 10.3 Å². The Morgan fingerprint density at radius 3 is 2.55 bits per heavy atom. The van der Waals surface area contributed by atoms with Gasteiger partial charge in [0.25, 0.3) is 0 Å². The van der Waals surface area contributed by atoms with Crippen LogP contribution < -0.4 is 0 Å². The van der Waals surface area contributed by atoms with Gasteiger partial charge in [0.1, 0.15) is 5.41 Å². The van der Waals surface area contributed by atoms with Gasteiger partial charge in [-0.1, -0.05) is 30.3 Å². The van der Waals surface area contributed by atoms with Crippen molar-refractivity contribution in [3.63, 3.8) is 0 Å². The molecular weight excluding hydrogens is 258 g/mol. The molecule has 0 saturated heterocycles. The zero-order valence-corrected chi connectivity index (χ0v) is 11.6. The van der Waals surface area contributed by atoms with Crippen molar-refractivity contribution in [2.24, 2.45) is 10.5 Å². The van der Waals surface area contributed by atoms with Crippen molar-refractivity contribution < 1.29 is 14.3 Å². The summed E-state index contributed by atoms with van der Waals surface area (Å²) in [5, 5.41) is 3.05. The molecule has 0 spiro atoms. The molecule has 20 heavy (non-hydrogen) atoms. The fourth-order valence-corrected chi connectivity index (χ4v) is 1.78. The number of azide groups is 1. The summed E-state index contributed by atoms with van der Waals surface area (Å²) in [6.45, 7) is 3.28. The highest BCUT2D eigenvalue weighted by atomic mass is 16.5. The number of ether oxygens (including phenoxy) is 1. The molecule has 1 atom stereocenters. The average Bonchev–Trinajstić information content (AvgIpc) is 2.46. The van der Waals surface area contributed by atoms with Crippen LogP contribution in [0.1, 0.15) is 25.8 Å². The molecule has 0 aliphatic heterocycles. The van der Waals surface area contributed by atoms with Crippen molar-refractivity contribution in [3.05, 3.63) is 46.3 Å². The van der Waals surface area contributed by atoms with Crippen LogP contribution in [0.4, 0.5) is 0 Å². The monoisotopic (exact) mass is 275 g/mol. The molecule has 0 heterocycles. The Labute approximate surface area is 117 Å². The second kappa shape index (κ2) is 7.31. The van der Waals surface area contributed by atoms with Crippen LogP contribution in [0.15, 0.2) is 35.4 Å². The topological polar surface area (TPSA) is 92.1 Å². The summed E-state index contributed by atoms with van der Waals surface area (Å²) in [5.74, 6) is -1.47. The third-order valence-corrected chi connectivity index (χ3v) is 3.09. The molecule has 0 aromatic heterocycles. The van der Waals surface area contributed by atoms with Crippen molar-refractivity contribution in [2.45, 2.75) is 26.7 Å². The Kier molecular flexibility index (Phi) is 5.74. The van der Waals surface area contributed by atoms with E-state index in [1.54, 1.807) is 6.92 Å². The molecule has 106 valence electrons. The number of nitrogens with zero attached hydrogens (tertiary/aromatic N) is 3. The Morgan fingerprint density at radius 1 is 1.35 bits per heavy atom. The van der Waals surface area contributed by atoms with Crippen LogP contribution in [-0.2, 0) is 20.7 Å². The minimum absolute atomic E-state index is 0.170. The van der Waals surface area contributed by atoms with Gasteiger partial charge < -0.3 is 4.74 Å². The number of aryl methyl sites for hydroxylation is 1. The summed E-state index contributed by atoms with van der Waals surface area (Å²) in [6.07, 6.45) is 0.747. The van der Waals surface area contributed by atoms with Crippen molar-refractivity contribution >= 4 is 11.9 Å². The predicted molar refractivity (Wildman–Crippen MR) is 73.7 cm³/mol.